The Balaban J connectivity index is -0.0000000720. The van der Waals surface area contributed by atoms with E-state index < -0.39 is 112 Å². The summed E-state index contributed by atoms with van der Waals surface area (Å²) in [4.78, 5) is 0. The van der Waals surface area contributed by atoms with Crippen molar-refractivity contribution in [1.82, 2.24) is 0 Å². The molecule has 43 heteroatoms. The molecule has 0 heterocycles. The van der Waals surface area contributed by atoms with Gasteiger partial charge < -0.3 is 0 Å². The van der Waals surface area contributed by atoms with Crippen LogP contribution >= 0.6 is 0 Å². The fourth-order valence-corrected chi connectivity index (χ4v) is 0. The molecule has 0 spiro atoms. The Morgan fingerprint density at radius 1 is 0.163 bits per heavy atom. The molecule has 43 heavy (non-hydrogen) atoms. The first-order valence-electron chi connectivity index (χ1n) is 5.72. The van der Waals surface area contributed by atoms with Crippen LogP contribution in [0.15, 0.2) is 0 Å². The maximum absolute atomic E-state index is 10.7. The van der Waals surface area contributed by atoms with Gasteiger partial charge in [-0.2, -0.15) is 0 Å². The van der Waals surface area contributed by atoms with Gasteiger partial charge in [0.2, 0.25) is 0 Å². The molecule has 0 aromatic carbocycles. The summed E-state index contributed by atoms with van der Waals surface area (Å²) in [6.07, 6.45) is 0. The molecule has 0 aliphatic heterocycles. The molecule has 6 N–H and O–H groups in total. The van der Waals surface area contributed by atoms with E-state index in [2.05, 4.69) is 0 Å². The van der Waals surface area contributed by atoms with Gasteiger partial charge in [-0.25, -0.2) is 0 Å². The largest absolute Gasteiger partial charge is 0 e. The molecule has 0 bridgehead atoms. The minimum Gasteiger partial charge on any atom is 0 e. The number of halogens is 30. The minimum absolute atomic E-state index is 0. The Hall–Kier alpha value is 3.45. The third-order valence-corrected chi connectivity index (χ3v) is 0. The van der Waals surface area contributed by atoms with Crippen molar-refractivity contribution in [2.45, 2.75) is 0 Å². The Morgan fingerprint density at radius 2 is 0.163 bits per heavy atom. The van der Waals surface area contributed by atoms with E-state index in [4.69, 9.17) is 20.8 Å². The number of hydrogen-bond donors (Lipinski definition) is 6. The molecular weight excluding hydrogens is 1670 g/mol. The predicted molar refractivity (Wildman–Crippen MR) is 81.1 cm³/mol. The van der Waals surface area contributed by atoms with Crippen LogP contribution < -0.4 is 0 Å². The van der Waals surface area contributed by atoms with Gasteiger partial charge in [-0.05, 0) is 0 Å². The second kappa shape index (κ2) is 10.3. The number of hydrogen-bond acceptors (Lipinski definition) is 6. The summed E-state index contributed by atoms with van der Waals surface area (Å²) in [5.41, 5.74) is 0. The third kappa shape index (κ3) is 7210. The molecule has 0 saturated carbocycles. The summed E-state index contributed by atoms with van der Waals surface area (Å²) < 4.78 is 342. The molecule has 0 unspecified atom stereocenters. The first-order chi connectivity index (χ1) is 14.7. The molecule has 292 valence electrons. The zero-order valence-electron chi connectivity index (χ0n) is 17.0. The van der Waals surface area contributed by atoms with E-state index in [1.165, 1.54) is 0 Å². The fourth-order valence-electron chi connectivity index (χ4n) is 0. The van der Waals surface area contributed by atoms with Crippen LogP contribution in [-0.2, 0) is 0 Å². The van der Waals surface area contributed by atoms with Gasteiger partial charge in [0.15, 0.2) is 0 Å². The van der Waals surface area contributed by atoms with E-state index in [1.807, 2.05) is 0 Å². The van der Waals surface area contributed by atoms with Crippen LogP contribution in [0, 0.1) is 31.1 Å². The van der Waals surface area contributed by atoms with Crippen LogP contribution in [0.5, 0.6) is 0 Å². The summed E-state index contributed by atoms with van der Waals surface area (Å²) in [7, 11) is 0. The van der Waals surface area contributed by atoms with Crippen LogP contribution in [0.2, 0.25) is 0 Å². The Morgan fingerprint density at radius 3 is 0.163 bits per heavy atom. The van der Waals surface area contributed by atoms with Crippen LogP contribution in [0.25, 0.3) is 0 Å². The zero-order chi connectivity index (χ0) is 38.4. The van der Waals surface area contributed by atoms with Gasteiger partial charge in [-0.15, -0.1) is 0 Å². The monoisotopic (exact) mass is 1690 g/mol. The van der Waals surface area contributed by atoms with Crippen LogP contribution in [0.4, 0.5) is 86.8 Å². The Bertz CT molecular complexity index is 639. The van der Waals surface area contributed by atoms with Crippen molar-refractivity contribution in [3.63, 3.8) is 0 Å². The molecule has 6 nitrogen and oxygen atoms in total. The van der Waals surface area contributed by atoms with Gasteiger partial charge in [0.1, 0.15) is 0 Å². The van der Waals surface area contributed by atoms with E-state index in [0.29, 0.717) is 0 Å². The molecule has 0 atom stereocenters. The van der Waals surface area contributed by atoms with E-state index in [0.717, 1.165) is 0 Å². The second-order valence-corrected chi connectivity index (χ2v) is 37.4. The molecular formula is H6F30O6Te6U. The predicted octanol–water partition coefficient (Wildman–Crippen LogP) is 6.98. The van der Waals surface area contributed by atoms with E-state index in [-0.39, 0.29) is 31.1 Å². The van der Waals surface area contributed by atoms with Gasteiger partial charge in [0.25, 0.3) is 0 Å². The van der Waals surface area contributed by atoms with Crippen molar-refractivity contribution >= 4 is 112 Å². The van der Waals surface area contributed by atoms with E-state index in [1.54, 1.807) is 0 Å². The normalized spacial score (nSPS) is 22.6. The zero-order valence-corrected chi connectivity index (χ0v) is 35.1. The van der Waals surface area contributed by atoms with E-state index in [9.17, 15) is 86.8 Å². The minimum atomic E-state index is -10.7. The first kappa shape index (κ1) is 61.7. The smallest absolute Gasteiger partial charge is 0 e. The molecule has 0 rings (SSSR count). The third-order valence-electron chi connectivity index (χ3n) is 0. The summed E-state index contributed by atoms with van der Waals surface area (Å²) in [5.74, 6) is 0. The van der Waals surface area contributed by atoms with Gasteiger partial charge in [-0.3, -0.25) is 0 Å². The quantitative estimate of drug-likeness (QED) is 0.115. The maximum atomic E-state index is 10.1. The topological polar surface area (TPSA) is 121 Å². The SMILES string of the molecule is O[Te](F)(F)(F)(F)F.O[Te](F)(F)(F)(F)F.O[Te](F)(F)(F)(F)F.O[Te](F)(F)(F)(F)F.O[Te](F)(F)(F)(F)F.O[Te](F)(F)(F)(F)F.[U]. The Labute approximate surface area is 247 Å². The molecule has 0 amide bonds. The number of rotatable bonds is 0. The summed E-state index contributed by atoms with van der Waals surface area (Å²) in [6.45, 7) is 0. The van der Waals surface area contributed by atoms with Gasteiger partial charge in [0.05, 0.1) is 0 Å². The van der Waals surface area contributed by atoms with E-state index >= 15 is 0 Å². The average molecular weight is 1680 g/mol. The summed E-state index contributed by atoms with van der Waals surface area (Å²) in [6, 6.07) is 0. The van der Waals surface area contributed by atoms with Gasteiger partial charge >= 0.3 is 220 Å². The molecule has 0 aromatic heterocycles. The molecule has 0 aromatic rings. The maximum Gasteiger partial charge on any atom is 0 e. The van der Waals surface area contributed by atoms with Crippen molar-refractivity contribution in [3.05, 3.63) is 0 Å². The van der Waals surface area contributed by atoms with Crippen molar-refractivity contribution in [1.29, 1.82) is 0 Å². The van der Waals surface area contributed by atoms with Crippen LogP contribution in [0.1, 0.15) is 0 Å². The van der Waals surface area contributed by atoms with Crippen LogP contribution in [-0.4, -0.2) is 133 Å². The first-order valence-corrected chi connectivity index (χ1v) is 38.4. The van der Waals surface area contributed by atoms with Crippen molar-refractivity contribution < 1.29 is 139 Å². The second-order valence-electron chi connectivity index (χ2n) is 5.57. The van der Waals surface area contributed by atoms with Gasteiger partial charge in [-0.1, -0.05) is 0 Å². The van der Waals surface area contributed by atoms with Crippen molar-refractivity contribution in [2.75, 3.05) is 0 Å². The fraction of sp³-hybridized carbons (Fsp3) is 0. The summed E-state index contributed by atoms with van der Waals surface area (Å²) in [5, 5.41) is 0. The standard InChI is InChI=1S/6F5HOTe.U/c6*1-7(2,3,4,5)6;/h6*6H;. The summed E-state index contributed by atoms with van der Waals surface area (Å²) >= 11 is -64.1. The van der Waals surface area contributed by atoms with Crippen molar-refractivity contribution in [3.8, 4) is 0 Å². The van der Waals surface area contributed by atoms with Gasteiger partial charge in [0, 0.05) is 31.1 Å². The van der Waals surface area contributed by atoms with Crippen molar-refractivity contribution in [2.24, 2.45) is 0 Å². The average Bonchev–Trinajstić information content (AvgIpc) is 1.70. The molecule has 0 fully saturated rings. The molecule has 0 aliphatic carbocycles. The molecule has 0 saturated heterocycles. The Kier molecular flexibility index (Phi) is 14.7. The molecule has 0 aliphatic rings. The van der Waals surface area contributed by atoms with Crippen LogP contribution in [0.3, 0.4) is 0 Å². The molecule has 0 radical (unpaired) electrons.